The van der Waals surface area contributed by atoms with E-state index in [-0.39, 0.29) is 25.7 Å². The predicted molar refractivity (Wildman–Crippen MR) is 381 cm³/mol. The Labute approximate surface area is 572 Å². The van der Waals surface area contributed by atoms with Gasteiger partial charge in [0.15, 0.2) is 12.2 Å². The maximum absolute atomic E-state index is 13.1. The van der Waals surface area contributed by atoms with Crippen molar-refractivity contribution in [3.63, 3.8) is 0 Å². The van der Waals surface area contributed by atoms with Crippen LogP contribution < -0.4 is 0 Å². The van der Waals surface area contributed by atoms with Crippen LogP contribution in [0.4, 0.5) is 0 Å². The van der Waals surface area contributed by atoms with Gasteiger partial charge in [-0.1, -0.05) is 289 Å². The number of esters is 4. The first kappa shape index (κ1) is 91.0. The molecule has 0 amide bonds. The Balaban J connectivity index is 5.33. The van der Waals surface area contributed by atoms with Gasteiger partial charge in [0.1, 0.15) is 19.3 Å². The molecule has 0 saturated heterocycles. The van der Waals surface area contributed by atoms with Crippen molar-refractivity contribution in [3.05, 3.63) is 48.6 Å². The summed E-state index contributed by atoms with van der Waals surface area (Å²) >= 11 is 0. The second-order valence-electron chi connectivity index (χ2n) is 25.9. The van der Waals surface area contributed by atoms with E-state index in [1.807, 2.05) is 0 Å². The fraction of sp³-hybridized carbons (Fsp3) is 0.840. The lowest BCUT2D eigenvalue weighted by atomic mass is 10.00. The van der Waals surface area contributed by atoms with Crippen LogP contribution in [-0.2, 0) is 65.4 Å². The molecular formula is C75H138O17P2. The van der Waals surface area contributed by atoms with Crippen LogP contribution in [0, 0.1) is 5.92 Å². The number of aliphatic hydroxyl groups is 1. The van der Waals surface area contributed by atoms with Gasteiger partial charge in [-0.3, -0.25) is 37.3 Å². The first-order valence-electron chi connectivity index (χ1n) is 37.8. The minimum Gasteiger partial charge on any atom is -0.462 e. The second-order valence-corrected chi connectivity index (χ2v) is 28.8. The fourth-order valence-electron chi connectivity index (χ4n) is 10.4. The smallest absolute Gasteiger partial charge is 0.462 e. The molecule has 0 aliphatic carbocycles. The molecule has 550 valence electrons. The Kier molecular flexibility index (Phi) is 65.1. The van der Waals surface area contributed by atoms with E-state index >= 15 is 0 Å². The highest BCUT2D eigenvalue weighted by Crippen LogP contribution is 2.45. The van der Waals surface area contributed by atoms with Crippen LogP contribution in [0.5, 0.6) is 0 Å². The van der Waals surface area contributed by atoms with E-state index in [0.717, 1.165) is 134 Å². The number of allylic oxidation sites excluding steroid dienone is 8. The summed E-state index contributed by atoms with van der Waals surface area (Å²) in [5, 5.41) is 10.6. The lowest BCUT2D eigenvalue weighted by Gasteiger charge is -2.21. The van der Waals surface area contributed by atoms with Gasteiger partial charge >= 0.3 is 39.5 Å². The van der Waals surface area contributed by atoms with Crippen LogP contribution in [-0.4, -0.2) is 96.7 Å². The first-order valence-corrected chi connectivity index (χ1v) is 40.8. The molecule has 0 aromatic rings. The van der Waals surface area contributed by atoms with Crippen molar-refractivity contribution in [2.45, 2.75) is 361 Å². The molecule has 0 spiro atoms. The highest BCUT2D eigenvalue weighted by Gasteiger charge is 2.30. The Morgan fingerprint density at radius 1 is 0.340 bits per heavy atom. The summed E-state index contributed by atoms with van der Waals surface area (Å²) in [5.74, 6) is -1.45. The normalized spacial score (nSPS) is 14.6. The van der Waals surface area contributed by atoms with E-state index in [9.17, 15) is 43.2 Å². The molecule has 3 unspecified atom stereocenters. The Hall–Kier alpha value is -2.98. The van der Waals surface area contributed by atoms with Gasteiger partial charge in [0.05, 0.1) is 26.4 Å². The van der Waals surface area contributed by atoms with E-state index in [2.05, 4.69) is 83.2 Å². The molecule has 19 heteroatoms. The molecule has 0 rings (SSSR count). The number of rotatable bonds is 71. The van der Waals surface area contributed by atoms with E-state index in [1.165, 1.54) is 128 Å². The zero-order chi connectivity index (χ0) is 69.1. The third-order valence-corrected chi connectivity index (χ3v) is 18.5. The van der Waals surface area contributed by atoms with E-state index in [0.29, 0.717) is 25.7 Å². The molecule has 0 saturated carbocycles. The van der Waals surface area contributed by atoms with Crippen molar-refractivity contribution in [2.24, 2.45) is 5.92 Å². The molecule has 0 radical (unpaired) electrons. The molecular weight excluding hydrogens is 1230 g/mol. The topological polar surface area (TPSA) is 237 Å². The summed E-state index contributed by atoms with van der Waals surface area (Å²) in [6.45, 7) is 7.11. The SMILES string of the molecule is CCCCCC/C=C\C=C/CCCCCCCC(=O)OC[C@H](COP(=O)(O)OC[C@@H](O)COP(=O)(O)OC[C@@H](COC(=O)CCCCCCCCC(C)CC)OC(=O)CCCCCCCCCCCCCCCC)OC(=O)CCCCCCC/C=C\C=C/CCCCCC. The number of unbranched alkanes of at least 4 members (excludes halogenated alkanes) is 36. The fourth-order valence-corrected chi connectivity index (χ4v) is 12.0. The largest absolute Gasteiger partial charge is 0.472 e. The average Bonchev–Trinajstić information content (AvgIpc) is 1.55. The number of hydrogen-bond acceptors (Lipinski definition) is 15. The van der Waals surface area contributed by atoms with Gasteiger partial charge in [-0.2, -0.15) is 0 Å². The van der Waals surface area contributed by atoms with Crippen LogP contribution in [0.1, 0.15) is 343 Å². The minimum absolute atomic E-state index is 0.0782. The zero-order valence-electron chi connectivity index (χ0n) is 60.1. The zero-order valence-corrected chi connectivity index (χ0v) is 61.9. The number of aliphatic hydroxyl groups excluding tert-OH is 1. The average molecular weight is 1370 g/mol. The maximum atomic E-state index is 13.1. The van der Waals surface area contributed by atoms with Crippen molar-refractivity contribution in [1.29, 1.82) is 0 Å². The van der Waals surface area contributed by atoms with Gasteiger partial charge in [-0.05, 0) is 83.0 Å². The number of carbonyl (C=O) groups excluding carboxylic acids is 4. The monoisotopic (exact) mass is 1370 g/mol. The molecule has 0 aliphatic rings. The summed E-state index contributed by atoms with van der Waals surface area (Å²) in [4.78, 5) is 72.7. The molecule has 94 heavy (non-hydrogen) atoms. The van der Waals surface area contributed by atoms with Crippen LogP contribution >= 0.6 is 15.6 Å². The van der Waals surface area contributed by atoms with Crippen molar-refractivity contribution in [3.8, 4) is 0 Å². The summed E-state index contributed by atoms with van der Waals surface area (Å²) in [6, 6.07) is 0. The van der Waals surface area contributed by atoms with Crippen molar-refractivity contribution < 1.29 is 80.2 Å². The molecule has 0 heterocycles. The molecule has 6 atom stereocenters. The lowest BCUT2D eigenvalue weighted by Crippen LogP contribution is -2.30. The Morgan fingerprint density at radius 3 is 0.904 bits per heavy atom. The Bertz CT molecular complexity index is 2000. The highest BCUT2D eigenvalue weighted by molar-refractivity contribution is 7.47. The minimum atomic E-state index is -4.97. The number of phosphoric acid groups is 2. The van der Waals surface area contributed by atoms with Crippen LogP contribution in [0.3, 0.4) is 0 Å². The maximum Gasteiger partial charge on any atom is 0.472 e. The van der Waals surface area contributed by atoms with Gasteiger partial charge in [0.2, 0.25) is 0 Å². The molecule has 0 fully saturated rings. The van der Waals surface area contributed by atoms with Gasteiger partial charge < -0.3 is 33.8 Å². The molecule has 3 N–H and O–H groups in total. The summed E-state index contributed by atoms with van der Waals surface area (Å²) in [5.41, 5.74) is 0. The van der Waals surface area contributed by atoms with Gasteiger partial charge in [-0.15, -0.1) is 0 Å². The van der Waals surface area contributed by atoms with Crippen molar-refractivity contribution >= 4 is 39.5 Å². The first-order chi connectivity index (χ1) is 45.6. The molecule has 0 bridgehead atoms. The quantitative estimate of drug-likeness (QED) is 0.0169. The molecule has 17 nitrogen and oxygen atoms in total. The van der Waals surface area contributed by atoms with Crippen LogP contribution in [0.2, 0.25) is 0 Å². The van der Waals surface area contributed by atoms with Crippen LogP contribution in [0.15, 0.2) is 48.6 Å². The molecule has 0 aromatic heterocycles. The van der Waals surface area contributed by atoms with Gasteiger partial charge in [0, 0.05) is 25.7 Å². The highest BCUT2D eigenvalue weighted by atomic mass is 31.2. The second kappa shape index (κ2) is 67.2. The number of phosphoric ester groups is 2. The van der Waals surface area contributed by atoms with E-state index in [4.69, 9.17) is 37.0 Å². The summed E-state index contributed by atoms with van der Waals surface area (Å²) < 4.78 is 68.4. The van der Waals surface area contributed by atoms with Crippen molar-refractivity contribution in [1.82, 2.24) is 0 Å². The predicted octanol–water partition coefficient (Wildman–Crippen LogP) is 21.2. The number of hydrogen-bond donors (Lipinski definition) is 3. The van der Waals surface area contributed by atoms with Crippen molar-refractivity contribution in [2.75, 3.05) is 39.6 Å². The van der Waals surface area contributed by atoms with Crippen LogP contribution in [0.25, 0.3) is 0 Å². The number of carbonyl (C=O) groups is 4. The third kappa shape index (κ3) is 66.3. The summed E-state index contributed by atoms with van der Waals surface area (Å²) in [6.07, 6.45) is 61.2. The number of ether oxygens (including phenoxy) is 4. The van der Waals surface area contributed by atoms with Gasteiger partial charge in [-0.25, -0.2) is 9.13 Å². The summed E-state index contributed by atoms with van der Waals surface area (Å²) in [7, 11) is -9.93. The molecule has 0 aliphatic heterocycles. The molecule has 0 aromatic carbocycles. The van der Waals surface area contributed by atoms with E-state index in [1.54, 1.807) is 0 Å². The Morgan fingerprint density at radius 2 is 0.596 bits per heavy atom. The lowest BCUT2D eigenvalue weighted by molar-refractivity contribution is -0.161. The van der Waals surface area contributed by atoms with E-state index < -0.39 is 97.5 Å². The third-order valence-electron chi connectivity index (χ3n) is 16.6. The van der Waals surface area contributed by atoms with Gasteiger partial charge in [0.25, 0.3) is 0 Å². The standard InChI is InChI=1S/C75H138O17P2/c1-6-10-13-16-19-22-25-28-31-34-36-39-42-48-53-58-72(77)85-64-70(91-74(79)61-56-51-44-41-38-35-32-29-26-23-20-17-14-11-7-2)66-89-93(81,82)87-62-69(76)63-88-94(83,84)90-67-71(65-86-73(78)59-54-49-46-45-47-52-57-68(5)9-4)92-75(80)60-55-50-43-40-37-33-30-27-24-21-18-15-12-8-3/h22-23,25-26,28-29,31-32,68-71,76H,6-21,24,27,30,33-67H2,1-5H3,(H,81,82)(H,83,84)/b25-22-,26-23-,31-28-,32-29-/t68?,69-,70-,71-/m1/s1.